The lowest BCUT2D eigenvalue weighted by Crippen LogP contribution is -1.79. The van der Waals surface area contributed by atoms with Crippen LogP contribution in [0.25, 0.3) is 0 Å². The van der Waals surface area contributed by atoms with Crippen LogP contribution in [0.1, 0.15) is 30.1 Å². The van der Waals surface area contributed by atoms with Gasteiger partial charge in [-0.25, -0.2) is 0 Å². The van der Waals surface area contributed by atoms with Crippen molar-refractivity contribution in [2.45, 2.75) is 25.2 Å². The molecule has 2 rings (SSSR count). The molecule has 1 aromatic heterocycles. The van der Waals surface area contributed by atoms with E-state index < -0.39 is 0 Å². The van der Waals surface area contributed by atoms with Crippen LogP contribution in [0.15, 0.2) is 0 Å². The monoisotopic (exact) mass is 169 g/mol. The summed E-state index contributed by atoms with van der Waals surface area (Å²) in [5.74, 6) is 0.624. The Bertz CT molecular complexity index is 263. The SMILES string of the molecule is [CH2]Cc1[nH]nc(C2CC2)c1Cl. The quantitative estimate of drug-likeness (QED) is 0.723. The fourth-order valence-corrected chi connectivity index (χ4v) is 1.51. The molecule has 0 amide bonds. The van der Waals surface area contributed by atoms with Crippen LogP contribution in [0.2, 0.25) is 5.02 Å². The van der Waals surface area contributed by atoms with Gasteiger partial charge in [0.25, 0.3) is 0 Å². The van der Waals surface area contributed by atoms with E-state index in [1.54, 1.807) is 0 Å². The number of H-pyrrole nitrogens is 1. The van der Waals surface area contributed by atoms with Crippen molar-refractivity contribution in [3.05, 3.63) is 23.3 Å². The molecule has 1 aromatic rings. The van der Waals surface area contributed by atoms with Gasteiger partial charge in [-0.3, -0.25) is 5.10 Å². The number of aromatic nitrogens is 2. The van der Waals surface area contributed by atoms with Crippen molar-refractivity contribution < 1.29 is 0 Å². The van der Waals surface area contributed by atoms with Gasteiger partial charge in [-0.1, -0.05) is 11.6 Å². The van der Waals surface area contributed by atoms with Crippen molar-refractivity contribution >= 4 is 11.6 Å². The summed E-state index contributed by atoms with van der Waals surface area (Å²) in [6, 6.07) is 0. The predicted molar refractivity (Wildman–Crippen MR) is 44.6 cm³/mol. The van der Waals surface area contributed by atoms with Gasteiger partial charge in [-0.05, 0) is 26.2 Å². The number of halogens is 1. The Morgan fingerprint density at radius 3 is 2.82 bits per heavy atom. The summed E-state index contributed by atoms with van der Waals surface area (Å²) in [6.45, 7) is 3.75. The second-order valence-electron chi connectivity index (χ2n) is 2.93. The van der Waals surface area contributed by atoms with Crippen LogP contribution in [0.4, 0.5) is 0 Å². The molecule has 0 unspecified atom stereocenters. The van der Waals surface area contributed by atoms with Gasteiger partial charge in [-0.15, -0.1) is 0 Å². The highest BCUT2D eigenvalue weighted by Gasteiger charge is 2.29. The molecule has 3 heteroatoms. The highest BCUT2D eigenvalue weighted by molar-refractivity contribution is 6.32. The van der Waals surface area contributed by atoms with Crippen LogP contribution in [0, 0.1) is 6.92 Å². The molecule has 1 aliphatic carbocycles. The first-order valence-electron chi connectivity index (χ1n) is 3.84. The van der Waals surface area contributed by atoms with Crippen molar-refractivity contribution in [3.63, 3.8) is 0 Å². The molecular weight excluding hydrogens is 160 g/mol. The molecule has 0 aromatic carbocycles. The van der Waals surface area contributed by atoms with Crippen LogP contribution >= 0.6 is 11.6 Å². The summed E-state index contributed by atoms with van der Waals surface area (Å²) in [6.07, 6.45) is 3.17. The Morgan fingerprint density at radius 2 is 2.36 bits per heavy atom. The topological polar surface area (TPSA) is 28.7 Å². The molecule has 1 N–H and O–H groups in total. The van der Waals surface area contributed by atoms with Crippen LogP contribution in [-0.4, -0.2) is 10.2 Å². The van der Waals surface area contributed by atoms with Crippen molar-refractivity contribution in [1.82, 2.24) is 10.2 Å². The van der Waals surface area contributed by atoms with Crippen molar-refractivity contribution in [2.24, 2.45) is 0 Å². The Kier molecular flexibility index (Phi) is 1.64. The molecule has 1 aliphatic rings. The van der Waals surface area contributed by atoms with Gasteiger partial charge in [0.2, 0.25) is 0 Å². The van der Waals surface area contributed by atoms with Gasteiger partial charge in [0.1, 0.15) is 0 Å². The van der Waals surface area contributed by atoms with Crippen LogP contribution in [-0.2, 0) is 6.42 Å². The van der Waals surface area contributed by atoms with E-state index >= 15 is 0 Å². The molecule has 11 heavy (non-hydrogen) atoms. The molecule has 1 fully saturated rings. The fraction of sp³-hybridized carbons (Fsp3) is 0.500. The number of nitrogens with one attached hydrogen (secondary N) is 1. The third-order valence-electron chi connectivity index (χ3n) is 2.02. The maximum atomic E-state index is 6.03. The summed E-state index contributed by atoms with van der Waals surface area (Å²) in [5.41, 5.74) is 2.01. The Morgan fingerprint density at radius 1 is 1.64 bits per heavy atom. The van der Waals surface area contributed by atoms with Gasteiger partial charge in [0.15, 0.2) is 0 Å². The lowest BCUT2D eigenvalue weighted by molar-refractivity contribution is 0.944. The van der Waals surface area contributed by atoms with Crippen molar-refractivity contribution in [3.8, 4) is 0 Å². The zero-order valence-corrected chi connectivity index (χ0v) is 6.99. The van der Waals surface area contributed by atoms with Crippen LogP contribution in [0.3, 0.4) is 0 Å². The summed E-state index contributed by atoms with van der Waals surface area (Å²) in [4.78, 5) is 0. The second-order valence-corrected chi connectivity index (χ2v) is 3.30. The summed E-state index contributed by atoms with van der Waals surface area (Å²) >= 11 is 6.03. The molecule has 0 bridgehead atoms. The van der Waals surface area contributed by atoms with E-state index in [-0.39, 0.29) is 0 Å². The first kappa shape index (κ1) is 7.17. The van der Waals surface area contributed by atoms with Crippen LogP contribution < -0.4 is 0 Å². The van der Waals surface area contributed by atoms with E-state index in [2.05, 4.69) is 17.1 Å². The lowest BCUT2D eigenvalue weighted by Gasteiger charge is -1.90. The molecule has 59 valence electrons. The maximum Gasteiger partial charge on any atom is 0.0850 e. The minimum Gasteiger partial charge on any atom is -0.281 e. The highest BCUT2D eigenvalue weighted by atomic mass is 35.5. The molecule has 0 saturated heterocycles. The minimum absolute atomic E-state index is 0.624. The lowest BCUT2D eigenvalue weighted by atomic mass is 10.2. The minimum atomic E-state index is 0.624. The standard InChI is InChI=1S/C8H10ClN2/c1-2-6-7(9)8(11-10-6)5-3-4-5/h5H,1-4H2,(H,10,11). The maximum absolute atomic E-state index is 6.03. The van der Waals surface area contributed by atoms with E-state index in [1.807, 2.05) is 0 Å². The summed E-state index contributed by atoms with van der Waals surface area (Å²) in [5, 5.41) is 7.86. The van der Waals surface area contributed by atoms with Crippen molar-refractivity contribution in [2.75, 3.05) is 0 Å². The first-order valence-corrected chi connectivity index (χ1v) is 4.22. The third-order valence-corrected chi connectivity index (χ3v) is 2.44. The fourth-order valence-electron chi connectivity index (χ4n) is 1.17. The Labute approximate surface area is 71.0 Å². The van der Waals surface area contributed by atoms with E-state index in [9.17, 15) is 0 Å². The van der Waals surface area contributed by atoms with Gasteiger partial charge in [0.05, 0.1) is 16.4 Å². The second kappa shape index (κ2) is 2.52. The highest BCUT2D eigenvalue weighted by Crippen LogP contribution is 2.42. The van der Waals surface area contributed by atoms with Gasteiger partial charge < -0.3 is 0 Å². The summed E-state index contributed by atoms with van der Waals surface area (Å²) in [7, 11) is 0. The molecule has 1 saturated carbocycles. The van der Waals surface area contributed by atoms with Gasteiger partial charge >= 0.3 is 0 Å². The number of hydrogen-bond donors (Lipinski definition) is 1. The average Bonchev–Trinajstić information content (AvgIpc) is 2.77. The molecule has 1 radical (unpaired) electrons. The van der Waals surface area contributed by atoms with E-state index in [0.717, 1.165) is 16.4 Å². The van der Waals surface area contributed by atoms with E-state index in [4.69, 9.17) is 11.6 Å². The summed E-state index contributed by atoms with van der Waals surface area (Å²) < 4.78 is 0. The van der Waals surface area contributed by atoms with Gasteiger partial charge in [0, 0.05) is 5.92 Å². The molecule has 1 heterocycles. The Hall–Kier alpha value is -0.500. The van der Waals surface area contributed by atoms with Gasteiger partial charge in [-0.2, -0.15) is 5.10 Å². The zero-order valence-electron chi connectivity index (χ0n) is 6.23. The molecule has 0 aliphatic heterocycles. The van der Waals surface area contributed by atoms with E-state index in [1.165, 1.54) is 12.8 Å². The number of nitrogens with zero attached hydrogens (tertiary/aromatic N) is 1. The third kappa shape index (κ3) is 1.16. The molecule has 0 atom stereocenters. The largest absolute Gasteiger partial charge is 0.281 e. The zero-order chi connectivity index (χ0) is 7.84. The number of rotatable bonds is 2. The van der Waals surface area contributed by atoms with Crippen LogP contribution in [0.5, 0.6) is 0 Å². The number of aromatic amines is 1. The smallest absolute Gasteiger partial charge is 0.0850 e. The number of hydrogen-bond acceptors (Lipinski definition) is 1. The first-order chi connectivity index (χ1) is 5.33. The molecule has 0 spiro atoms. The average molecular weight is 170 g/mol. The predicted octanol–water partition coefficient (Wildman–Crippen LogP) is 2.32. The van der Waals surface area contributed by atoms with E-state index in [0.29, 0.717) is 12.3 Å². The molecule has 2 nitrogen and oxygen atoms in total. The Balaban J connectivity index is 2.33. The normalized spacial score (nSPS) is 17.3. The van der Waals surface area contributed by atoms with Crippen molar-refractivity contribution in [1.29, 1.82) is 0 Å². The molecular formula is C8H10ClN2.